The third-order valence-corrected chi connectivity index (χ3v) is 6.36. The van der Waals surface area contributed by atoms with E-state index in [0.717, 1.165) is 24.1 Å². The fourth-order valence-corrected chi connectivity index (χ4v) is 4.32. The molecule has 1 unspecified atom stereocenters. The highest BCUT2D eigenvalue weighted by Gasteiger charge is 2.24. The molecule has 1 rings (SSSR count). The van der Waals surface area contributed by atoms with Gasteiger partial charge in [0.1, 0.15) is 9.84 Å². The molecule has 1 atom stereocenters. The van der Waals surface area contributed by atoms with Crippen molar-refractivity contribution in [1.29, 1.82) is 0 Å². The van der Waals surface area contributed by atoms with Gasteiger partial charge in [0.25, 0.3) is 0 Å². The van der Waals surface area contributed by atoms with Gasteiger partial charge in [0.2, 0.25) is 0 Å². The first kappa shape index (κ1) is 14.5. The van der Waals surface area contributed by atoms with Crippen molar-refractivity contribution in [2.45, 2.75) is 45.4 Å². The van der Waals surface area contributed by atoms with Crippen LogP contribution in [0, 0.1) is 11.8 Å². The van der Waals surface area contributed by atoms with Gasteiger partial charge in [-0.05, 0) is 24.7 Å². The molecule has 0 saturated heterocycles. The molecule has 96 valence electrons. The second kappa shape index (κ2) is 7.00. The standard InChI is InChI=1S/C12H23BrO2S/c1-2-16(14,15)9-5-8-12(10-13)11-6-3-4-7-11/h11-12H,2-10H2,1H3. The molecule has 1 fully saturated rings. The zero-order valence-electron chi connectivity index (χ0n) is 10.1. The minimum atomic E-state index is -2.76. The molecule has 0 aromatic heterocycles. The SMILES string of the molecule is CCS(=O)(=O)CCCC(CBr)C1CCCC1. The number of sulfone groups is 1. The fourth-order valence-electron chi connectivity index (χ4n) is 2.58. The van der Waals surface area contributed by atoms with Crippen molar-refractivity contribution in [2.24, 2.45) is 11.8 Å². The summed E-state index contributed by atoms with van der Waals surface area (Å²) in [7, 11) is -2.76. The number of hydrogen-bond acceptors (Lipinski definition) is 2. The van der Waals surface area contributed by atoms with Gasteiger partial charge in [-0.3, -0.25) is 0 Å². The molecule has 0 spiro atoms. The number of hydrogen-bond donors (Lipinski definition) is 0. The van der Waals surface area contributed by atoms with E-state index in [4.69, 9.17) is 0 Å². The predicted octanol–water partition coefficient (Wildman–Crippen LogP) is 3.40. The van der Waals surface area contributed by atoms with Crippen LogP contribution in [0.4, 0.5) is 0 Å². The van der Waals surface area contributed by atoms with E-state index in [1.807, 2.05) is 0 Å². The van der Waals surface area contributed by atoms with E-state index in [1.165, 1.54) is 25.7 Å². The Labute approximate surface area is 108 Å². The molecule has 0 radical (unpaired) electrons. The minimum Gasteiger partial charge on any atom is -0.229 e. The molecule has 0 aromatic rings. The van der Waals surface area contributed by atoms with Gasteiger partial charge in [0, 0.05) is 11.1 Å². The van der Waals surface area contributed by atoms with Gasteiger partial charge in [0.05, 0.1) is 5.75 Å². The Morgan fingerprint density at radius 1 is 1.31 bits per heavy atom. The second-order valence-electron chi connectivity index (χ2n) is 4.84. The average Bonchev–Trinajstić information content (AvgIpc) is 2.78. The van der Waals surface area contributed by atoms with E-state index >= 15 is 0 Å². The molecule has 0 aliphatic heterocycles. The van der Waals surface area contributed by atoms with Gasteiger partial charge in [-0.1, -0.05) is 48.5 Å². The summed E-state index contributed by atoms with van der Waals surface area (Å²) in [5.41, 5.74) is 0. The van der Waals surface area contributed by atoms with Gasteiger partial charge in [-0.2, -0.15) is 0 Å². The number of halogens is 1. The van der Waals surface area contributed by atoms with Crippen LogP contribution in [0.25, 0.3) is 0 Å². The molecule has 4 heteroatoms. The summed E-state index contributed by atoms with van der Waals surface area (Å²) in [5.74, 6) is 2.19. The lowest BCUT2D eigenvalue weighted by Gasteiger charge is -2.20. The summed E-state index contributed by atoms with van der Waals surface area (Å²) < 4.78 is 22.8. The second-order valence-corrected chi connectivity index (χ2v) is 7.96. The summed E-state index contributed by atoms with van der Waals surface area (Å²) in [4.78, 5) is 0. The predicted molar refractivity (Wildman–Crippen MR) is 72.8 cm³/mol. The highest BCUT2D eigenvalue weighted by atomic mass is 79.9. The van der Waals surface area contributed by atoms with Gasteiger partial charge < -0.3 is 0 Å². The highest BCUT2D eigenvalue weighted by molar-refractivity contribution is 9.09. The Morgan fingerprint density at radius 3 is 2.44 bits per heavy atom. The van der Waals surface area contributed by atoms with Crippen LogP contribution < -0.4 is 0 Å². The Kier molecular flexibility index (Phi) is 6.34. The fraction of sp³-hybridized carbons (Fsp3) is 1.00. The molecule has 0 amide bonds. The summed E-state index contributed by atoms with van der Waals surface area (Å²) in [5, 5.41) is 1.03. The van der Waals surface area contributed by atoms with Gasteiger partial charge in [-0.25, -0.2) is 8.42 Å². The van der Waals surface area contributed by atoms with Crippen LogP contribution >= 0.6 is 15.9 Å². The van der Waals surface area contributed by atoms with Crippen molar-refractivity contribution >= 4 is 25.8 Å². The topological polar surface area (TPSA) is 34.1 Å². The quantitative estimate of drug-likeness (QED) is 0.675. The maximum Gasteiger partial charge on any atom is 0.150 e. The smallest absolute Gasteiger partial charge is 0.150 e. The molecule has 1 saturated carbocycles. The van der Waals surface area contributed by atoms with Gasteiger partial charge in [0.15, 0.2) is 0 Å². The van der Waals surface area contributed by atoms with Crippen LogP contribution in [0.2, 0.25) is 0 Å². The van der Waals surface area contributed by atoms with Gasteiger partial charge >= 0.3 is 0 Å². The summed E-state index contributed by atoms with van der Waals surface area (Å²) >= 11 is 3.57. The van der Waals surface area contributed by atoms with Crippen LogP contribution in [-0.4, -0.2) is 25.3 Å². The maximum absolute atomic E-state index is 11.4. The maximum atomic E-state index is 11.4. The van der Waals surface area contributed by atoms with E-state index in [-0.39, 0.29) is 5.75 Å². The van der Waals surface area contributed by atoms with E-state index < -0.39 is 9.84 Å². The normalized spacial score (nSPS) is 20.1. The molecule has 1 aliphatic rings. The van der Waals surface area contributed by atoms with Crippen molar-refractivity contribution in [3.63, 3.8) is 0 Å². The van der Waals surface area contributed by atoms with Crippen molar-refractivity contribution < 1.29 is 8.42 Å². The zero-order valence-corrected chi connectivity index (χ0v) is 12.5. The Balaban J connectivity index is 2.29. The van der Waals surface area contributed by atoms with Gasteiger partial charge in [-0.15, -0.1) is 0 Å². The third-order valence-electron chi connectivity index (χ3n) is 3.73. The Hall–Kier alpha value is 0.430. The molecule has 0 heterocycles. The largest absolute Gasteiger partial charge is 0.229 e. The lowest BCUT2D eigenvalue weighted by Crippen LogP contribution is -2.16. The molecule has 16 heavy (non-hydrogen) atoms. The first-order valence-corrected chi connectivity index (χ1v) is 9.29. The van der Waals surface area contributed by atoms with Crippen LogP contribution in [-0.2, 0) is 9.84 Å². The first-order valence-electron chi connectivity index (χ1n) is 6.35. The summed E-state index contributed by atoms with van der Waals surface area (Å²) in [6.45, 7) is 1.73. The molecule has 0 aromatic carbocycles. The first-order chi connectivity index (χ1) is 7.59. The number of alkyl halides is 1. The Morgan fingerprint density at radius 2 is 1.94 bits per heavy atom. The van der Waals surface area contributed by atoms with E-state index in [0.29, 0.717) is 11.7 Å². The Bertz CT molecular complexity index is 281. The molecule has 1 aliphatic carbocycles. The van der Waals surface area contributed by atoms with Crippen molar-refractivity contribution in [3.05, 3.63) is 0 Å². The van der Waals surface area contributed by atoms with Crippen molar-refractivity contribution in [2.75, 3.05) is 16.8 Å². The minimum absolute atomic E-state index is 0.287. The summed E-state index contributed by atoms with van der Waals surface area (Å²) in [6, 6.07) is 0. The lowest BCUT2D eigenvalue weighted by molar-refractivity contribution is 0.351. The monoisotopic (exact) mass is 310 g/mol. The lowest BCUT2D eigenvalue weighted by atomic mass is 9.89. The van der Waals surface area contributed by atoms with E-state index in [1.54, 1.807) is 6.92 Å². The number of rotatable bonds is 7. The summed E-state index contributed by atoms with van der Waals surface area (Å²) in [6.07, 6.45) is 7.31. The van der Waals surface area contributed by atoms with Crippen molar-refractivity contribution in [1.82, 2.24) is 0 Å². The molecule has 0 bridgehead atoms. The van der Waals surface area contributed by atoms with E-state index in [2.05, 4.69) is 15.9 Å². The van der Waals surface area contributed by atoms with E-state index in [9.17, 15) is 8.42 Å². The average molecular weight is 311 g/mol. The molecular weight excluding hydrogens is 288 g/mol. The van der Waals surface area contributed by atoms with Crippen LogP contribution in [0.1, 0.15) is 45.4 Å². The van der Waals surface area contributed by atoms with Crippen LogP contribution in [0.3, 0.4) is 0 Å². The van der Waals surface area contributed by atoms with Crippen molar-refractivity contribution in [3.8, 4) is 0 Å². The van der Waals surface area contributed by atoms with Crippen LogP contribution in [0.15, 0.2) is 0 Å². The molecule has 2 nitrogen and oxygen atoms in total. The van der Waals surface area contributed by atoms with Crippen LogP contribution in [0.5, 0.6) is 0 Å². The molecular formula is C12H23BrO2S. The molecule has 0 N–H and O–H groups in total. The highest BCUT2D eigenvalue weighted by Crippen LogP contribution is 2.34. The zero-order chi connectivity index (χ0) is 12.0. The third kappa shape index (κ3) is 4.74.